The van der Waals surface area contributed by atoms with Gasteiger partial charge in [0.1, 0.15) is 11.6 Å². The fourth-order valence-corrected chi connectivity index (χ4v) is 2.57. The van der Waals surface area contributed by atoms with Crippen LogP contribution in [0.5, 0.6) is 5.75 Å². The van der Waals surface area contributed by atoms with Crippen LogP contribution >= 0.6 is 0 Å². The molecule has 1 aromatic carbocycles. The molecule has 1 aliphatic rings. The fourth-order valence-electron chi connectivity index (χ4n) is 2.57. The van der Waals surface area contributed by atoms with Crippen molar-refractivity contribution in [1.29, 1.82) is 0 Å². The summed E-state index contributed by atoms with van der Waals surface area (Å²) in [7, 11) is 0. The molecule has 1 aliphatic carbocycles. The first-order valence-electron chi connectivity index (χ1n) is 6.55. The number of ether oxygens (including phenoxy) is 1. The molecule has 104 valence electrons. The lowest BCUT2D eigenvalue weighted by molar-refractivity contribution is 0.128. The third kappa shape index (κ3) is 3.16. The summed E-state index contributed by atoms with van der Waals surface area (Å²) >= 11 is 0. The zero-order valence-electron chi connectivity index (χ0n) is 11.0. The van der Waals surface area contributed by atoms with E-state index in [4.69, 9.17) is 15.7 Å². The second-order valence-corrected chi connectivity index (χ2v) is 5.11. The number of hydrogen-bond donors (Lipinski definition) is 2. The predicted molar refractivity (Wildman–Crippen MR) is 71.0 cm³/mol. The number of hydrogen-bond acceptors (Lipinski definition) is 3. The predicted octanol–water partition coefficient (Wildman–Crippen LogP) is 2.88. The summed E-state index contributed by atoms with van der Waals surface area (Å²) in [5, 5.41) is 11.6. The fraction of sp³-hybridized carbons (Fsp3) is 0.500. The first kappa shape index (κ1) is 13.6. The third-order valence-corrected chi connectivity index (χ3v) is 3.52. The van der Waals surface area contributed by atoms with Crippen LogP contribution < -0.4 is 10.5 Å². The molecule has 19 heavy (non-hydrogen) atoms. The zero-order valence-corrected chi connectivity index (χ0v) is 11.0. The molecule has 1 aromatic rings. The summed E-state index contributed by atoms with van der Waals surface area (Å²) in [5.41, 5.74) is 5.54. The van der Waals surface area contributed by atoms with Gasteiger partial charge in [0.15, 0.2) is 5.84 Å². The van der Waals surface area contributed by atoms with Crippen LogP contribution in [-0.2, 0) is 0 Å². The van der Waals surface area contributed by atoms with Gasteiger partial charge in [-0.15, -0.1) is 0 Å². The average Bonchev–Trinajstić information content (AvgIpc) is 2.38. The molecular weight excluding hydrogens is 247 g/mol. The van der Waals surface area contributed by atoms with Crippen LogP contribution in [0.25, 0.3) is 0 Å². The standard InChI is InChI=1S/C14H19FN2O2/c1-9-4-2-5-10(8-9)19-12-7-3-6-11(15)13(12)14(16)17-18/h3,6-7,9-10,18H,2,4-5,8H2,1H3,(H2,16,17). The molecule has 1 saturated carbocycles. The molecule has 0 amide bonds. The Bertz CT molecular complexity index is 477. The van der Waals surface area contributed by atoms with E-state index in [9.17, 15) is 4.39 Å². The summed E-state index contributed by atoms with van der Waals surface area (Å²) < 4.78 is 19.6. The molecule has 2 rings (SSSR count). The highest BCUT2D eigenvalue weighted by Gasteiger charge is 2.23. The molecule has 3 N–H and O–H groups in total. The maximum atomic E-state index is 13.8. The van der Waals surface area contributed by atoms with Gasteiger partial charge >= 0.3 is 0 Å². The van der Waals surface area contributed by atoms with Crippen LogP contribution in [0.3, 0.4) is 0 Å². The van der Waals surface area contributed by atoms with Crippen molar-refractivity contribution in [1.82, 2.24) is 0 Å². The van der Waals surface area contributed by atoms with Gasteiger partial charge in [-0.05, 0) is 37.3 Å². The van der Waals surface area contributed by atoms with Gasteiger partial charge < -0.3 is 15.7 Å². The normalized spacial score (nSPS) is 24.2. The molecule has 0 bridgehead atoms. The van der Waals surface area contributed by atoms with E-state index in [0.29, 0.717) is 11.7 Å². The van der Waals surface area contributed by atoms with E-state index in [1.807, 2.05) is 0 Å². The van der Waals surface area contributed by atoms with Gasteiger partial charge in [-0.3, -0.25) is 0 Å². The third-order valence-electron chi connectivity index (χ3n) is 3.52. The molecule has 0 saturated heterocycles. The Morgan fingerprint density at radius 1 is 1.47 bits per heavy atom. The lowest BCUT2D eigenvalue weighted by Gasteiger charge is -2.28. The van der Waals surface area contributed by atoms with E-state index < -0.39 is 5.82 Å². The van der Waals surface area contributed by atoms with Gasteiger partial charge in [-0.1, -0.05) is 24.6 Å². The van der Waals surface area contributed by atoms with Gasteiger partial charge in [0.2, 0.25) is 0 Å². The molecular formula is C14H19FN2O2. The molecule has 2 atom stereocenters. The molecule has 0 heterocycles. The SMILES string of the molecule is CC1CCCC(Oc2cccc(F)c2C(N)=NO)C1. The zero-order chi connectivity index (χ0) is 13.8. The lowest BCUT2D eigenvalue weighted by Crippen LogP contribution is -2.26. The maximum absolute atomic E-state index is 13.8. The van der Waals surface area contributed by atoms with Gasteiger partial charge in [0, 0.05) is 0 Å². The summed E-state index contributed by atoms with van der Waals surface area (Å²) in [4.78, 5) is 0. The van der Waals surface area contributed by atoms with E-state index in [1.165, 1.54) is 12.5 Å². The van der Waals surface area contributed by atoms with Crippen molar-refractivity contribution < 1.29 is 14.3 Å². The minimum Gasteiger partial charge on any atom is -0.490 e. The quantitative estimate of drug-likeness (QED) is 0.382. The van der Waals surface area contributed by atoms with E-state index in [1.54, 1.807) is 12.1 Å². The number of amidine groups is 1. The van der Waals surface area contributed by atoms with Crippen LogP contribution in [-0.4, -0.2) is 17.1 Å². The number of rotatable bonds is 3. The summed E-state index contributed by atoms with van der Waals surface area (Å²) in [6.07, 6.45) is 4.29. The highest BCUT2D eigenvalue weighted by Crippen LogP contribution is 2.29. The van der Waals surface area contributed by atoms with Crippen LogP contribution in [0.2, 0.25) is 0 Å². The Morgan fingerprint density at radius 3 is 2.95 bits per heavy atom. The highest BCUT2D eigenvalue weighted by atomic mass is 19.1. The number of nitrogens with two attached hydrogens (primary N) is 1. The van der Waals surface area contributed by atoms with Crippen LogP contribution in [0.15, 0.2) is 23.4 Å². The molecule has 0 radical (unpaired) electrons. The molecule has 5 heteroatoms. The van der Waals surface area contributed by atoms with Gasteiger partial charge in [-0.2, -0.15) is 0 Å². The van der Waals surface area contributed by atoms with Crippen LogP contribution in [0, 0.1) is 11.7 Å². The van der Waals surface area contributed by atoms with Gasteiger partial charge in [0.25, 0.3) is 0 Å². The van der Waals surface area contributed by atoms with E-state index in [0.717, 1.165) is 19.3 Å². The minimum atomic E-state index is -0.545. The van der Waals surface area contributed by atoms with E-state index in [-0.39, 0.29) is 17.5 Å². The average molecular weight is 266 g/mol. The number of nitrogens with zero attached hydrogens (tertiary/aromatic N) is 1. The topological polar surface area (TPSA) is 67.8 Å². The lowest BCUT2D eigenvalue weighted by atomic mass is 9.88. The number of oxime groups is 1. The second kappa shape index (κ2) is 5.91. The smallest absolute Gasteiger partial charge is 0.176 e. The molecule has 0 aliphatic heterocycles. The largest absolute Gasteiger partial charge is 0.490 e. The van der Waals surface area contributed by atoms with Crippen LogP contribution in [0.1, 0.15) is 38.2 Å². The Kier molecular flexibility index (Phi) is 4.24. The van der Waals surface area contributed by atoms with Crippen molar-refractivity contribution in [3.8, 4) is 5.75 Å². The maximum Gasteiger partial charge on any atom is 0.176 e. The first-order chi connectivity index (χ1) is 9.11. The van der Waals surface area contributed by atoms with Crippen molar-refractivity contribution in [2.75, 3.05) is 0 Å². The number of halogens is 1. The van der Waals surface area contributed by atoms with Crippen molar-refractivity contribution in [2.24, 2.45) is 16.8 Å². The Labute approximate surface area is 112 Å². The summed E-state index contributed by atoms with van der Waals surface area (Å²) in [6.45, 7) is 2.19. The molecule has 4 nitrogen and oxygen atoms in total. The van der Waals surface area contributed by atoms with Gasteiger partial charge in [0.05, 0.1) is 11.7 Å². The molecule has 1 fully saturated rings. The Hall–Kier alpha value is -1.78. The summed E-state index contributed by atoms with van der Waals surface area (Å²) in [5.74, 6) is 0.141. The highest BCUT2D eigenvalue weighted by molar-refractivity contribution is 5.99. The second-order valence-electron chi connectivity index (χ2n) is 5.11. The van der Waals surface area contributed by atoms with Crippen LogP contribution in [0.4, 0.5) is 4.39 Å². The van der Waals surface area contributed by atoms with E-state index >= 15 is 0 Å². The summed E-state index contributed by atoms with van der Waals surface area (Å²) in [6, 6.07) is 4.48. The van der Waals surface area contributed by atoms with Crippen molar-refractivity contribution in [3.63, 3.8) is 0 Å². The number of benzene rings is 1. The van der Waals surface area contributed by atoms with Crippen molar-refractivity contribution >= 4 is 5.84 Å². The Morgan fingerprint density at radius 2 is 2.26 bits per heavy atom. The van der Waals surface area contributed by atoms with Crippen molar-refractivity contribution in [2.45, 2.75) is 38.7 Å². The monoisotopic (exact) mass is 266 g/mol. The molecule has 0 aromatic heterocycles. The first-order valence-corrected chi connectivity index (χ1v) is 6.55. The minimum absolute atomic E-state index is 0.0308. The molecule has 0 spiro atoms. The van der Waals surface area contributed by atoms with E-state index in [2.05, 4.69) is 12.1 Å². The van der Waals surface area contributed by atoms with Gasteiger partial charge in [-0.25, -0.2) is 4.39 Å². The Balaban J connectivity index is 2.22. The molecule has 2 unspecified atom stereocenters. The van der Waals surface area contributed by atoms with Crippen molar-refractivity contribution in [3.05, 3.63) is 29.6 Å².